The molecule has 6 heteroatoms. The smallest absolute Gasteiger partial charge is 0.159 e. The molecule has 0 aromatic carbocycles. The second kappa shape index (κ2) is 5.66. The van der Waals surface area contributed by atoms with Gasteiger partial charge in [-0.25, -0.2) is 8.42 Å². The Hall–Kier alpha value is -0.580. The van der Waals surface area contributed by atoms with Gasteiger partial charge in [0.1, 0.15) is 0 Å². The molecule has 0 N–H and O–H groups in total. The SMILES string of the molecule is CC=CCS(=O)(=O)Cc1ncc(Cl)cc1Cl. The van der Waals surface area contributed by atoms with Gasteiger partial charge in [0.25, 0.3) is 0 Å². The van der Waals surface area contributed by atoms with Crippen molar-refractivity contribution in [2.24, 2.45) is 0 Å². The lowest BCUT2D eigenvalue weighted by Gasteiger charge is -2.03. The number of halogens is 2. The zero-order chi connectivity index (χ0) is 12.2. The molecule has 16 heavy (non-hydrogen) atoms. The second-order valence-electron chi connectivity index (χ2n) is 3.21. The largest absolute Gasteiger partial charge is 0.257 e. The van der Waals surface area contributed by atoms with Crippen LogP contribution in [0.2, 0.25) is 10.0 Å². The number of nitrogens with zero attached hydrogens (tertiary/aromatic N) is 1. The predicted octanol–water partition coefficient (Wildman–Crippen LogP) is 2.88. The Morgan fingerprint density at radius 3 is 2.69 bits per heavy atom. The molecule has 0 aliphatic rings. The van der Waals surface area contributed by atoms with Crippen molar-refractivity contribution in [3.05, 3.63) is 40.2 Å². The maximum absolute atomic E-state index is 11.6. The topological polar surface area (TPSA) is 47.0 Å². The van der Waals surface area contributed by atoms with Crippen molar-refractivity contribution >= 4 is 33.0 Å². The average Bonchev–Trinajstić information content (AvgIpc) is 2.19. The molecule has 0 amide bonds. The van der Waals surface area contributed by atoms with Crippen LogP contribution in [0, 0.1) is 0 Å². The van der Waals surface area contributed by atoms with Crippen LogP contribution in [0.3, 0.4) is 0 Å². The van der Waals surface area contributed by atoms with Crippen LogP contribution in [-0.2, 0) is 15.6 Å². The van der Waals surface area contributed by atoms with Gasteiger partial charge in [-0.2, -0.15) is 0 Å². The molecule has 1 aromatic heterocycles. The Labute approximate surface area is 105 Å². The second-order valence-corrected chi connectivity index (χ2v) is 6.16. The Kier molecular flexibility index (Phi) is 4.77. The first-order chi connectivity index (χ1) is 7.44. The quantitative estimate of drug-likeness (QED) is 0.797. The number of rotatable bonds is 4. The highest BCUT2D eigenvalue weighted by Crippen LogP contribution is 2.20. The highest BCUT2D eigenvalue weighted by Gasteiger charge is 2.14. The fourth-order valence-electron chi connectivity index (χ4n) is 1.06. The summed E-state index contributed by atoms with van der Waals surface area (Å²) in [5.74, 6) is -0.183. The fourth-order valence-corrected chi connectivity index (χ4v) is 2.84. The fraction of sp³-hybridized carbons (Fsp3) is 0.300. The molecule has 0 unspecified atom stereocenters. The molecular weight excluding hydrogens is 269 g/mol. The van der Waals surface area contributed by atoms with E-state index in [1.165, 1.54) is 12.3 Å². The molecule has 0 saturated carbocycles. The van der Waals surface area contributed by atoms with E-state index >= 15 is 0 Å². The number of hydrogen-bond donors (Lipinski definition) is 0. The van der Waals surface area contributed by atoms with Gasteiger partial charge in [-0.1, -0.05) is 35.4 Å². The van der Waals surface area contributed by atoms with E-state index in [0.717, 1.165) is 0 Å². The van der Waals surface area contributed by atoms with E-state index in [0.29, 0.717) is 10.7 Å². The molecule has 0 spiro atoms. The standard InChI is InChI=1S/C10H11Cl2NO2S/c1-2-3-4-16(14,15)7-10-9(12)5-8(11)6-13-10/h2-3,5-6H,4,7H2,1H3. The van der Waals surface area contributed by atoms with E-state index in [4.69, 9.17) is 23.2 Å². The lowest BCUT2D eigenvalue weighted by atomic mass is 10.4. The number of pyridine rings is 1. The Bertz CT molecular complexity index is 498. The van der Waals surface area contributed by atoms with Crippen molar-refractivity contribution in [3.63, 3.8) is 0 Å². The van der Waals surface area contributed by atoms with Crippen molar-refractivity contribution in [3.8, 4) is 0 Å². The van der Waals surface area contributed by atoms with E-state index < -0.39 is 9.84 Å². The van der Waals surface area contributed by atoms with E-state index in [1.54, 1.807) is 19.1 Å². The van der Waals surface area contributed by atoms with Crippen LogP contribution in [0.25, 0.3) is 0 Å². The van der Waals surface area contributed by atoms with E-state index in [2.05, 4.69) is 4.98 Å². The summed E-state index contributed by atoms with van der Waals surface area (Å²) in [6.07, 6.45) is 4.65. The molecular formula is C10H11Cl2NO2S. The third kappa shape index (κ3) is 4.12. The number of hydrogen-bond acceptors (Lipinski definition) is 3. The maximum Gasteiger partial charge on any atom is 0.159 e. The summed E-state index contributed by atoms with van der Waals surface area (Å²) in [7, 11) is -3.21. The zero-order valence-electron chi connectivity index (χ0n) is 8.65. The normalized spacial score (nSPS) is 12.2. The molecule has 0 aliphatic heterocycles. The Balaban J connectivity index is 2.88. The molecule has 1 rings (SSSR count). The van der Waals surface area contributed by atoms with Crippen molar-refractivity contribution in [2.45, 2.75) is 12.7 Å². The third-order valence-corrected chi connectivity index (χ3v) is 3.77. The van der Waals surface area contributed by atoms with Gasteiger partial charge in [0.2, 0.25) is 0 Å². The minimum atomic E-state index is -3.21. The summed E-state index contributed by atoms with van der Waals surface area (Å²) in [6, 6.07) is 1.48. The van der Waals surface area contributed by atoms with E-state index in [9.17, 15) is 8.42 Å². The van der Waals surface area contributed by atoms with Crippen LogP contribution < -0.4 is 0 Å². The van der Waals surface area contributed by atoms with Gasteiger partial charge in [0.15, 0.2) is 9.84 Å². The Morgan fingerprint density at radius 1 is 1.44 bits per heavy atom. The summed E-state index contributed by atoms with van der Waals surface area (Å²) >= 11 is 11.5. The molecule has 1 heterocycles. The molecule has 88 valence electrons. The van der Waals surface area contributed by atoms with E-state index in [1.807, 2.05) is 0 Å². The lowest BCUT2D eigenvalue weighted by Crippen LogP contribution is -2.09. The van der Waals surface area contributed by atoms with Gasteiger partial charge in [-0.15, -0.1) is 0 Å². The van der Waals surface area contributed by atoms with Crippen LogP contribution in [0.1, 0.15) is 12.6 Å². The number of sulfone groups is 1. The van der Waals surface area contributed by atoms with Crippen LogP contribution in [0.15, 0.2) is 24.4 Å². The van der Waals surface area contributed by atoms with Gasteiger partial charge in [-0.05, 0) is 13.0 Å². The van der Waals surface area contributed by atoms with Crippen LogP contribution >= 0.6 is 23.2 Å². The van der Waals surface area contributed by atoms with Gasteiger partial charge in [-0.3, -0.25) is 4.98 Å². The molecule has 0 saturated heterocycles. The first kappa shape index (κ1) is 13.5. The lowest BCUT2D eigenvalue weighted by molar-refractivity contribution is 0.597. The summed E-state index contributed by atoms with van der Waals surface area (Å²) in [5.41, 5.74) is 0.329. The van der Waals surface area contributed by atoms with Gasteiger partial charge in [0.05, 0.1) is 27.2 Å². The maximum atomic E-state index is 11.6. The average molecular weight is 280 g/mol. The van der Waals surface area contributed by atoms with Crippen molar-refractivity contribution in [1.82, 2.24) is 4.98 Å². The van der Waals surface area contributed by atoms with E-state index in [-0.39, 0.29) is 16.5 Å². The predicted molar refractivity (Wildman–Crippen MR) is 66.6 cm³/mol. The molecule has 0 fully saturated rings. The number of aromatic nitrogens is 1. The molecule has 0 aliphatic carbocycles. The first-order valence-electron chi connectivity index (χ1n) is 4.56. The highest BCUT2D eigenvalue weighted by molar-refractivity contribution is 7.90. The molecule has 3 nitrogen and oxygen atoms in total. The summed E-state index contributed by atoms with van der Waals surface area (Å²) in [6.45, 7) is 1.77. The third-order valence-electron chi connectivity index (χ3n) is 1.83. The molecule has 1 aromatic rings. The van der Waals surface area contributed by atoms with Crippen LogP contribution in [-0.4, -0.2) is 19.2 Å². The van der Waals surface area contributed by atoms with Gasteiger partial charge >= 0.3 is 0 Å². The minimum absolute atomic E-state index is 0.00979. The minimum Gasteiger partial charge on any atom is -0.257 e. The van der Waals surface area contributed by atoms with Gasteiger partial charge < -0.3 is 0 Å². The summed E-state index contributed by atoms with van der Waals surface area (Å²) in [4.78, 5) is 3.90. The number of allylic oxidation sites excluding steroid dienone is 1. The Morgan fingerprint density at radius 2 is 2.12 bits per heavy atom. The van der Waals surface area contributed by atoms with Crippen molar-refractivity contribution in [2.75, 3.05) is 5.75 Å². The van der Waals surface area contributed by atoms with Crippen LogP contribution in [0.4, 0.5) is 0 Å². The molecule has 0 atom stereocenters. The molecule has 0 radical (unpaired) electrons. The summed E-state index contributed by atoms with van der Waals surface area (Å²) < 4.78 is 23.2. The summed E-state index contributed by atoms with van der Waals surface area (Å²) in [5, 5.41) is 0.663. The molecule has 0 bridgehead atoms. The highest BCUT2D eigenvalue weighted by atomic mass is 35.5. The van der Waals surface area contributed by atoms with Gasteiger partial charge in [0, 0.05) is 6.20 Å². The monoisotopic (exact) mass is 279 g/mol. The van der Waals surface area contributed by atoms with Crippen molar-refractivity contribution in [1.29, 1.82) is 0 Å². The zero-order valence-corrected chi connectivity index (χ0v) is 11.0. The van der Waals surface area contributed by atoms with Crippen LogP contribution in [0.5, 0.6) is 0 Å². The van der Waals surface area contributed by atoms with Crippen molar-refractivity contribution < 1.29 is 8.42 Å². The first-order valence-corrected chi connectivity index (χ1v) is 7.14.